The number of rotatable bonds is 2. The SMILES string of the molecule is N#CC(C#N)=C(C#N)Nc1ccccc1I. The Hall–Kier alpha value is -2.04. The first kappa shape index (κ1) is 12.0. The fourth-order valence-corrected chi connectivity index (χ4v) is 1.50. The second-order valence-corrected chi connectivity index (χ2v) is 3.85. The van der Waals surface area contributed by atoms with Crippen LogP contribution in [0.4, 0.5) is 5.69 Å². The van der Waals surface area contributed by atoms with E-state index in [1.54, 1.807) is 30.3 Å². The Morgan fingerprint density at radius 1 is 1.06 bits per heavy atom. The number of hydrogen-bond acceptors (Lipinski definition) is 4. The van der Waals surface area contributed by atoms with E-state index in [0.29, 0.717) is 5.69 Å². The summed E-state index contributed by atoms with van der Waals surface area (Å²) in [7, 11) is 0. The van der Waals surface area contributed by atoms with Crippen LogP contribution in [-0.4, -0.2) is 0 Å². The average Bonchev–Trinajstić information content (AvgIpc) is 2.31. The van der Waals surface area contributed by atoms with Gasteiger partial charge in [-0.15, -0.1) is 0 Å². The Morgan fingerprint density at radius 3 is 2.19 bits per heavy atom. The Labute approximate surface area is 107 Å². The monoisotopic (exact) mass is 320 g/mol. The zero-order valence-electron chi connectivity index (χ0n) is 8.03. The van der Waals surface area contributed by atoms with Crippen LogP contribution in [0, 0.1) is 37.6 Å². The van der Waals surface area contributed by atoms with E-state index in [9.17, 15) is 0 Å². The fraction of sp³-hybridized carbons (Fsp3) is 0. The highest BCUT2D eigenvalue weighted by Crippen LogP contribution is 2.19. The maximum Gasteiger partial charge on any atom is 0.163 e. The third-order valence-corrected chi connectivity index (χ3v) is 2.66. The average molecular weight is 320 g/mol. The highest BCUT2D eigenvalue weighted by Gasteiger charge is 2.07. The summed E-state index contributed by atoms with van der Waals surface area (Å²) in [6.07, 6.45) is 0. The summed E-state index contributed by atoms with van der Waals surface area (Å²) >= 11 is 2.10. The van der Waals surface area contributed by atoms with Gasteiger partial charge in [0.25, 0.3) is 0 Å². The van der Waals surface area contributed by atoms with Gasteiger partial charge in [0.1, 0.15) is 23.9 Å². The summed E-state index contributed by atoms with van der Waals surface area (Å²) in [5, 5.41) is 28.9. The van der Waals surface area contributed by atoms with Crippen molar-refractivity contribution in [2.24, 2.45) is 0 Å². The molecule has 5 heteroatoms. The van der Waals surface area contributed by atoms with Gasteiger partial charge in [0.2, 0.25) is 0 Å². The molecule has 0 aromatic heterocycles. The van der Waals surface area contributed by atoms with Crippen molar-refractivity contribution in [2.75, 3.05) is 5.32 Å². The Morgan fingerprint density at radius 2 is 1.69 bits per heavy atom. The molecular formula is C11H5IN4. The Bertz CT molecular complexity index is 539. The molecule has 0 bridgehead atoms. The second-order valence-electron chi connectivity index (χ2n) is 2.69. The van der Waals surface area contributed by atoms with E-state index in [2.05, 4.69) is 27.9 Å². The van der Waals surface area contributed by atoms with Gasteiger partial charge >= 0.3 is 0 Å². The fourth-order valence-electron chi connectivity index (χ4n) is 0.980. The van der Waals surface area contributed by atoms with Crippen LogP contribution >= 0.6 is 22.6 Å². The lowest BCUT2D eigenvalue weighted by atomic mass is 10.2. The molecule has 16 heavy (non-hydrogen) atoms. The van der Waals surface area contributed by atoms with E-state index in [-0.39, 0.29) is 11.3 Å². The molecule has 0 saturated carbocycles. The van der Waals surface area contributed by atoms with E-state index < -0.39 is 0 Å². The topological polar surface area (TPSA) is 83.4 Å². The molecule has 0 unspecified atom stereocenters. The maximum atomic E-state index is 8.84. The van der Waals surface area contributed by atoms with Gasteiger partial charge in [-0.2, -0.15) is 15.8 Å². The van der Waals surface area contributed by atoms with E-state index in [1.807, 2.05) is 12.1 Å². The molecule has 1 N–H and O–H groups in total. The summed E-state index contributed by atoms with van der Waals surface area (Å²) in [4.78, 5) is 0. The minimum Gasteiger partial charge on any atom is -0.344 e. The number of hydrogen-bond donors (Lipinski definition) is 1. The summed E-state index contributed by atoms with van der Waals surface area (Å²) in [5.74, 6) is 0. The largest absolute Gasteiger partial charge is 0.344 e. The molecule has 1 rings (SSSR count). The van der Waals surface area contributed by atoms with Gasteiger partial charge in [0.05, 0.1) is 5.69 Å². The van der Waals surface area contributed by atoms with Gasteiger partial charge in [0.15, 0.2) is 5.57 Å². The van der Waals surface area contributed by atoms with Crippen molar-refractivity contribution in [3.63, 3.8) is 0 Å². The molecule has 0 aliphatic heterocycles. The van der Waals surface area contributed by atoms with Crippen LogP contribution in [0.2, 0.25) is 0 Å². The molecule has 0 heterocycles. The van der Waals surface area contributed by atoms with Crippen LogP contribution < -0.4 is 5.32 Å². The van der Waals surface area contributed by atoms with Crippen molar-refractivity contribution in [2.45, 2.75) is 0 Å². The quantitative estimate of drug-likeness (QED) is 0.670. The van der Waals surface area contributed by atoms with Crippen LogP contribution in [0.3, 0.4) is 0 Å². The smallest absolute Gasteiger partial charge is 0.163 e. The van der Waals surface area contributed by atoms with E-state index in [0.717, 1.165) is 3.57 Å². The zero-order valence-corrected chi connectivity index (χ0v) is 10.2. The van der Waals surface area contributed by atoms with E-state index in [4.69, 9.17) is 15.8 Å². The molecule has 1 aromatic carbocycles. The van der Waals surface area contributed by atoms with Crippen molar-refractivity contribution < 1.29 is 0 Å². The molecule has 0 radical (unpaired) electrons. The first-order valence-electron chi connectivity index (χ1n) is 4.19. The number of allylic oxidation sites excluding steroid dienone is 2. The van der Waals surface area contributed by atoms with Crippen LogP contribution in [-0.2, 0) is 0 Å². The van der Waals surface area contributed by atoms with Crippen molar-refractivity contribution in [3.8, 4) is 18.2 Å². The summed E-state index contributed by atoms with van der Waals surface area (Å²) in [6, 6.07) is 12.4. The lowest BCUT2D eigenvalue weighted by molar-refractivity contribution is 1.37. The molecule has 0 saturated heterocycles. The predicted octanol–water partition coefficient (Wildman–Crippen LogP) is 2.53. The van der Waals surface area contributed by atoms with Crippen LogP contribution in [0.15, 0.2) is 35.5 Å². The third-order valence-electron chi connectivity index (χ3n) is 1.72. The van der Waals surface area contributed by atoms with Crippen LogP contribution in [0.5, 0.6) is 0 Å². The predicted molar refractivity (Wildman–Crippen MR) is 66.6 cm³/mol. The molecule has 0 atom stereocenters. The highest BCUT2D eigenvalue weighted by atomic mass is 127. The molecule has 0 amide bonds. The van der Waals surface area contributed by atoms with Crippen LogP contribution in [0.1, 0.15) is 0 Å². The molecule has 0 spiro atoms. The standard InChI is InChI=1S/C11H5IN4/c12-9-3-1-2-4-10(9)16-11(7-15)8(5-13)6-14/h1-4,16H. The van der Waals surface area contributed by atoms with Gasteiger partial charge in [-0.1, -0.05) is 12.1 Å². The molecule has 0 aliphatic carbocycles. The van der Waals surface area contributed by atoms with Crippen molar-refractivity contribution in [3.05, 3.63) is 39.1 Å². The molecular weight excluding hydrogens is 315 g/mol. The minimum atomic E-state index is -0.220. The number of benzene rings is 1. The number of nitrogens with zero attached hydrogens (tertiary/aromatic N) is 3. The van der Waals surface area contributed by atoms with Gasteiger partial charge in [-0.05, 0) is 34.7 Å². The normalized spacial score (nSPS) is 8.12. The van der Waals surface area contributed by atoms with E-state index in [1.165, 1.54) is 0 Å². The minimum absolute atomic E-state index is 0.0332. The van der Waals surface area contributed by atoms with Gasteiger partial charge < -0.3 is 5.32 Å². The first-order chi connectivity index (χ1) is 7.72. The molecule has 4 nitrogen and oxygen atoms in total. The molecule has 0 aliphatic rings. The van der Waals surface area contributed by atoms with Gasteiger partial charge in [0, 0.05) is 3.57 Å². The van der Waals surface area contributed by atoms with Crippen molar-refractivity contribution >= 4 is 28.3 Å². The van der Waals surface area contributed by atoms with Gasteiger partial charge in [-0.3, -0.25) is 0 Å². The van der Waals surface area contributed by atoms with Crippen molar-refractivity contribution in [1.82, 2.24) is 0 Å². The molecule has 1 aromatic rings. The highest BCUT2D eigenvalue weighted by molar-refractivity contribution is 14.1. The summed E-state index contributed by atoms with van der Waals surface area (Å²) < 4.78 is 0.906. The Kier molecular flexibility index (Phi) is 4.32. The lowest BCUT2D eigenvalue weighted by Crippen LogP contribution is -2.01. The number of anilines is 1. The first-order valence-corrected chi connectivity index (χ1v) is 5.27. The number of nitrogens with one attached hydrogen (secondary N) is 1. The number of nitriles is 3. The number of halogens is 1. The summed E-state index contributed by atoms with van der Waals surface area (Å²) in [6.45, 7) is 0. The third kappa shape index (κ3) is 2.73. The lowest BCUT2D eigenvalue weighted by Gasteiger charge is -2.06. The second kappa shape index (κ2) is 5.75. The summed E-state index contributed by atoms with van der Waals surface area (Å²) in [5.41, 5.74) is 0.443. The van der Waals surface area contributed by atoms with Crippen molar-refractivity contribution in [1.29, 1.82) is 15.8 Å². The maximum absolute atomic E-state index is 8.84. The van der Waals surface area contributed by atoms with Gasteiger partial charge in [-0.25, -0.2) is 0 Å². The molecule has 0 fully saturated rings. The number of para-hydroxylation sites is 1. The van der Waals surface area contributed by atoms with Crippen LogP contribution in [0.25, 0.3) is 0 Å². The molecule has 76 valence electrons. The zero-order chi connectivity index (χ0) is 12.0. The van der Waals surface area contributed by atoms with E-state index >= 15 is 0 Å². The Balaban J connectivity index is 3.13.